The van der Waals surface area contributed by atoms with Crippen molar-refractivity contribution >= 4 is 22.0 Å². The van der Waals surface area contributed by atoms with Crippen molar-refractivity contribution in [1.29, 1.82) is 0 Å². The van der Waals surface area contributed by atoms with Crippen LogP contribution >= 0.6 is 15.9 Å². The molecule has 1 fully saturated rings. The molecule has 2 aromatic rings. The fourth-order valence-electron chi connectivity index (χ4n) is 3.09. The molecule has 6 heteroatoms. The van der Waals surface area contributed by atoms with Crippen LogP contribution in [0.2, 0.25) is 0 Å². The van der Waals surface area contributed by atoms with Gasteiger partial charge >= 0.3 is 6.09 Å². The summed E-state index contributed by atoms with van der Waals surface area (Å²) >= 11 is 3.38. The number of rotatable bonds is 4. The quantitative estimate of drug-likeness (QED) is 0.804. The first-order valence-electron chi connectivity index (χ1n) is 8.46. The smallest absolute Gasteiger partial charge is 0.412 e. The zero-order valence-electron chi connectivity index (χ0n) is 14.8. The van der Waals surface area contributed by atoms with Crippen LogP contribution in [0.25, 0.3) is 0 Å². The van der Waals surface area contributed by atoms with E-state index in [1.165, 1.54) is 4.90 Å². The summed E-state index contributed by atoms with van der Waals surface area (Å²) in [6.07, 6.45) is -1.37. The van der Waals surface area contributed by atoms with Crippen LogP contribution in [0.4, 0.5) is 4.79 Å². The largest absolute Gasteiger partial charge is 0.444 e. The normalized spacial score (nSPS) is 20.0. The molecule has 0 bridgehead atoms. The van der Waals surface area contributed by atoms with Gasteiger partial charge in [0.05, 0.1) is 12.6 Å². The van der Waals surface area contributed by atoms with E-state index in [2.05, 4.69) is 15.9 Å². The molecule has 0 saturated carbocycles. The van der Waals surface area contributed by atoms with E-state index in [9.17, 15) is 9.90 Å². The van der Waals surface area contributed by atoms with E-state index in [0.29, 0.717) is 0 Å². The minimum absolute atomic E-state index is 0.174. The Balaban J connectivity index is 1.75. The summed E-state index contributed by atoms with van der Waals surface area (Å²) in [5.74, 6) is 0. The van der Waals surface area contributed by atoms with Crippen molar-refractivity contribution in [2.75, 3.05) is 6.61 Å². The lowest BCUT2D eigenvalue weighted by molar-refractivity contribution is -0.0543. The number of hydrogen-bond acceptors (Lipinski definition) is 4. The van der Waals surface area contributed by atoms with Crippen LogP contribution in [-0.4, -0.2) is 34.5 Å². The third kappa shape index (κ3) is 4.09. The number of halogens is 1. The second-order valence-corrected chi connectivity index (χ2v) is 7.65. The molecule has 1 unspecified atom stereocenters. The highest BCUT2D eigenvalue weighted by molar-refractivity contribution is 9.10. The van der Waals surface area contributed by atoms with Gasteiger partial charge in [0.25, 0.3) is 0 Å². The van der Waals surface area contributed by atoms with E-state index >= 15 is 0 Å². The highest BCUT2D eigenvalue weighted by Gasteiger charge is 2.47. The molecule has 0 radical (unpaired) electrons. The van der Waals surface area contributed by atoms with E-state index in [0.717, 1.165) is 15.6 Å². The maximum atomic E-state index is 12.7. The topological polar surface area (TPSA) is 59.0 Å². The van der Waals surface area contributed by atoms with Gasteiger partial charge < -0.3 is 14.6 Å². The summed E-state index contributed by atoms with van der Waals surface area (Å²) in [7, 11) is 0. The fourth-order valence-corrected chi connectivity index (χ4v) is 3.36. The Morgan fingerprint density at radius 2 is 1.92 bits per heavy atom. The maximum Gasteiger partial charge on any atom is 0.412 e. The van der Waals surface area contributed by atoms with Crippen molar-refractivity contribution < 1.29 is 19.4 Å². The number of hydrogen-bond donors (Lipinski definition) is 1. The van der Waals surface area contributed by atoms with Gasteiger partial charge in [-0.05, 0) is 37.1 Å². The average molecular weight is 420 g/mol. The van der Waals surface area contributed by atoms with Gasteiger partial charge in [-0.25, -0.2) is 4.79 Å². The van der Waals surface area contributed by atoms with Crippen molar-refractivity contribution in [2.45, 2.75) is 38.3 Å². The van der Waals surface area contributed by atoms with Gasteiger partial charge in [-0.1, -0.05) is 58.4 Å². The van der Waals surface area contributed by atoms with Crippen LogP contribution in [0.15, 0.2) is 59.1 Å². The van der Waals surface area contributed by atoms with Crippen LogP contribution in [-0.2, 0) is 16.1 Å². The van der Waals surface area contributed by atoms with Crippen molar-refractivity contribution in [3.05, 3.63) is 70.2 Å². The molecule has 1 amide bonds. The number of carbonyl (C=O) groups is 1. The number of aliphatic hydroxyl groups is 1. The molecule has 0 aliphatic carbocycles. The van der Waals surface area contributed by atoms with E-state index in [-0.39, 0.29) is 13.2 Å². The molecular weight excluding hydrogens is 398 g/mol. The highest BCUT2D eigenvalue weighted by Crippen LogP contribution is 2.35. The second-order valence-electron chi connectivity index (χ2n) is 6.73. The Morgan fingerprint density at radius 1 is 1.27 bits per heavy atom. The standard InChI is InChI=1S/C20H22BrNO4/c1-20(2)22(19(24)25-12-14-6-4-3-5-7-14)17(13-26-20)18(23)15-8-10-16(21)11-9-15/h3-11,17-18,23H,12-13H2,1-2H3/t17-,18?/m1/s1. The SMILES string of the molecule is CC1(C)OC[C@H](C(O)c2ccc(Br)cc2)N1C(=O)OCc1ccccc1. The van der Waals surface area contributed by atoms with Gasteiger partial charge in [0.2, 0.25) is 0 Å². The lowest BCUT2D eigenvalue weighted by Gasteiger charge is -2.34. The van der Waals surface area contributed by atoms with Gasteiger partial charge in [0.1, 0.15) is 18.4 Å². The molecule has 1 saturated heterocycles. The number of carbonyl (C=O) groups excluding carboxylic acids is 1. The van der Waals surface area contributed by atoms with Crippen molar-refractivity contribution in [3.8, 4) is 0 Å². The summed E-state index contributed by atoms with van der Waals surface area (Å²) in [4.78, 5) is 14.2. The molecule has 1 aliphatic heterocycles. The van der Waals surface area contributed by atoms with E-state index in [1.807, 2.05) is 54.6 Å². The van der Waals surface area contributed by atoms with Crippen LogP contribution in [0.3, 0.4) is 0 Å². The Kier molecular flexibility index (Phi) is 5.65. The molecule has 5 nitrogen and oxygen atoms in total. The summed E-state index contributed by atoms with van der Waals surface area (Å²) in [5, 5.41) is 10.8. The molecule has 0 aromatic heterocycles. The van der Waals surface area contributed by atoms with Gasteiger partial charge in [-0.3, -0.25) is 4.90 Å². The molecule has 138 valence electrons. The number of amides is 1. The Hall–Kier alpha value is -1.89. The van der Waals surface area contributed by atoms with Crippen LogP contribution in [0, 0.1) is 0 Å². The van der Waals surface area contributed by atoms with E-state index in [1.54, 1.807) is 13.8 Å². The first-order valence-corrected chi connectivity index (χ1v) is 9.25. The predicted octanol–water partition coefficient (Wildman–Crippen LogP) is 4.26. The number of ether oxygens (including phenoxy) is 2. The molecule has 0 spiro atoms. The molecular formula is C20H22BrNO4. The molecule has 2 aromatic carbocycles. The number of benzene rings is 2. The minimum atomic E-state index is -0.867. The van der Waals surface area contributed by atoms with E-state index in [4.69, 9.17) is 9.47 Å². The lowest BCUT2D eigenvalue weighted by atomic mass is 10.0. The summed E-state index contributed by atoms with van der Waals surface area (Å²) < 4.78 is 12.2. The monoisotopic (exact) mass is 419 g/mol. The Bertz CT molecular complexity index is 748. The molecule has 3 rings (SSSR count). The van der Waals surface area contributed by atoms with Crippen LogP contribution in [0.5, 0.6) is 0 Å². The second kappa shape index (κ2) is 7.78. The Morgan fingerprint density at radius 3 is 2.58 bits per heavy atom. The third-order valence-electron chi connectivity index (χ3n) is 4.50. The van der Waals surface area contributed by atoms with Crippen molar-refractivity contribution in [1.82, 2.24) is 4.90 Å². The van der Waals surface area contributed by atoms with Crippen LogP contribution in [0.1, 0.15) is 31.1 Å². The molecule has 1 aliphatic rings. The minimum Gasteiger partial charge on any atom is -0.444 e. The Labute approximate surface area is 161 Å². The van der Waals surface area contributed by atoms with E-state index < -0.39 is 24.0 Å². The molecule has 1 heterocycles. The molecule has 26 heavy (non-hydrogen) atoms. The zero-order chi connectivity index (χ0) is 18.7. The average Bonchev–Trinajstić information content (AvgIpc) is 2.96. The first kappa shape index (κ1) is 18.9. The summed E-state index contributed by atoms with van der Waals surface area (Å²) in [5.41, 5.74) is 0.776. The van der Waals surface area contributed by atoms with Gasteiger partial charge in [-0.2, -0.15) is 0 Å². The van der Waals surface area contributed by atoms with Crippen molar-refractivity contribution in [2.24, 2.45) is 0 Å². The van der Waals surface area contributed by atoms with Crippen molar-refractivity contribution in [3.63, 3.8) is 0 Å². The third-order valence-corrected chi connectivity index (χ3v) is 5.03. The number of aliphatic hydroxyl groups excluding tert-OH is 1. The van der Waals surface area contributed by atoms with Crippen LogP contribution < -0.4 is 0 Å². The molecule has 2 atom stereocenters. The van der Waals surface area contributed by atoms with Gasteiger partial charge in [0.15, 0.2) is 0 Å². The zero-order valence-corrected chi connectivity index (χ0v) is 16.3. The number of nitrogens with zero attached hydrogens (tertiary/aromatic N) is 1. The van der Waals surface area contributed by atoms with Gasteiger partial charge in [0, 0.05) is 4.47 Å². The summed E-state index contributed by atoms with van der Waals surface area (Å²) in [6, 6.07) is 16.3. The predicted molar refractivity (Wildman–Crippen MR) is 101 cm³/mol. The maximum absolute atomic E-state index is 12.7. The highest BCUT2D eigenvalue weighted by atomic mass is 79.9. The fraction of sp³-hybridized carbons (Fsp3) is 0.350. The first-order chi connectivity index (χ1) is 12.4. The summed E-state index contributed by atoms with van der Waals surface area (Å²) in [6.45, 7) is 4.01. The van der Waals surface area contributed by atoms with Gasteiger partial charge in [-0.15, -0.1) is 0 Å². The lowest BCUT2D eigenvalue weighted by Crippen LogP contribution is -2.50. The molecule has 1 N–H and O–H groups in total.